The van der Waals surface area contributed by atoms with Gasteiger partial charge in [-0.3, -0.25) is 9.59 Å². The normalized spacial score (nSPS) is 10.4. The fraction of sp³-hybridized carbons (Fsp3) is 0.211. The van der Waals surface area contributed by atoms with E-state index >= 15 is 0 Å². The highest BCUT2D eigenvalue weighted by Crippen LogP contribution is 2.38. The topological polar surface area (TPSA) is 98.2 Å². The first-order valence-corrected chi connectivity index (χ1v) is 8.00. The molecule has 0 aliphatic heterocycles. The molecule has 0 saturated heterocycles. The zero-order chi connectivity index (χ0) is 19.8. The van der Waals surface area contributed by atoms with E-state index in [1.165, 1.54) is 34.5 Å². The SMILES string of the molecule is COc1ccc(C=NNC(=O)c2ccc(NC(C)=O)cc2)c(OC)c1OC. The molecule has 2 rings (SSSR count). The van der Waals surface area contributed by atoms with Crippen LogP contribution >= 0.6 is 0 Å². The van der Waals surface area contributed by atoms with Crippen LogP contribution in [-0.4, -0.2) is 39.4 Å². The van der Waals surface area contributed by atoms with Crippen molar-refractivity contribution in [2.75, 3.05) is 26.6 Å². The van der Waals surface area contributed by atoms with Crippen molar-refractivity contribution in [3.05, 3.63) is 47.5 Å². The second kappa shape index (κ2) is 9.23. The summed E-state index contributed by atoms with van der Waals surface area (Å²) in [4.78, 5) is 23.2. The molecule has 0 bridgehead atoms. The van der Waals surface area contributed by atoms with Gasteiger partial charge in [-0.1, -0.05) is 0 Å². The Morgan fingerprint density at radius 1 is 0.926 bits per heavy atom. The molecule has 0 radical (unpaired) electrons. The Kier molecular flexibility index (Phi) is 6.76. The van der Waals surface area contributed by atoms with Crippen LogP contribution in [0.1, 0.15) is 22.8 Å². The number of hydrogen-bond donors (Lipinski definition) is 2. The van der Waals surface area contributed by atoms with E-state index in [9.17, 15) is 9.59 Å². The average molecular weight is 371 g/mol. The number of rotatable bonds is 7. The van der Waals surface area contributed by atoms with Crippen molar-refractivity contribution in [1.82, 2.24) is 5.43 Å². The summed E-state index contributed by atoms with van der Waals surface area (Å²) in [6, 6.07) is 9.90. The number of ether oxygens (including phenoxy) is 3. The molecule has 2 amide bonds. The molecular formula is C19H21N3O5. The first-order valence-electron chi connectivity index (χ1n) is 8.00. The minimum atomic E-state index is -0.389. The lowest BCUT2D eigenvalue weighted by molar-refractivity contribution is -0.114. The van der Waals surface area contributed by atoms with Crippen molar-refractivity contribution in [3.8, 4) is 17.2 Å². The molecule has 8 heteroatoms. The number of carbonyl (C=O) groups is 2. The molecule has 8 nitrogen and oxygen atoms in total. The molecule has 2 aromatic carbocycles. The van der Waals surface area contributed by atoms with Crippen molar-refractivity contribution in [3.63, 3.8) is 0 Å². The number of anilines is 1. The van der Waals surface area contributed by atoms with Crippen molar-refractivity contribution < 1.29 is 23.8 Å². The molecule has 2 aromatic rings. The molecule has 0 aliphatic carbocycles. The maximum Gasteiger partial charge on any atom is 0.271 e. The molecule has 0 heterocycles. The Balaban J connectivity index is 2.10. The number of amides is 2. The highest BCUT2D eigenvalue weighted by atomic mass is 16.5. The third-order valence-corrected chi connectivity index (χ3v) is 3.57. The van der Waals surface area contributed by atoms with Crippen LogP contribution in [0.4, 0.5) is 5.69 Å². The maximum atomic E-state index is 12.2. The largest absolute Gasteiger partial charge is 0.493 e. The van der Waals surface area contributed by atoms with Gasteiger partial charge in [0.25, 0.3) is 5.91 Å². The van der Waals surface area contributed by atoms with E-state index in [4.69, 9.17) is 14.2 Å². The molecule has 0 atom stereocenters. The van der Waals surface area contributed by atoms with E-state index in [1.807, 2.05) is 0 Å². The maximum absolute atomic E-state index is 12.2. The summed E-state index contributed by atoms with van der Waals surface area (Å²) in [5.41, 5.74) is 4.06. The fourth-order valence-corrected chi connectivity index (χ4v) is 2.36. The average Bonchev–Trinajstić information content (AvgIpc) is 2.67. The Morgan fingerprint density at radius 3 is 2.15 bits per heavy atom. The van der Waals surface area contributed by atoms with Gasteiger partial charge in [-0.05, 0) is 36.4 Å². The molecular weight excluding hydrogens is 350 g/mol. The molecule has 0 fully saturated rings. The standard InChI is InChI=1S/C19H21N3O5/c1-12(23)21-15-8-5-13(6-9-15)19(24)22-20-11-14-7-10-16(25-2)18(27-4)17(14)26-3/h5-11H,1-4H3,(H,21,23)(H,22,24). The lowest BCUT2D eigenvalue weighted by Gasteiger charge is -2.13. The van der Waals surface area contributed by atoms with Gasteiger partial charge in [0, 0.05) is 23.7 Å². The zero-order valence-electron chi connectivity index (χ0n) is 15.5. The fourth-order valence-electron chi connectivity index (χ4n) is 2.36. The second-order valence-electron chi connectivity index (χ2n) is 5.38. The van der Waals surface area contributed by atoms with E-state index in [0.29, 0.717) is 34.1 Å². The highest BCUT2D eigenvalue weighted by Gasteiger charge is 2.14. The van der Waals surface area contributed by atoms with Gasteiger partial charge in [0.2, 0.25) is 11.7 Å². The zero-order valence-corrected chi connectivity index (χ0v) is 15.5. The van der Waals surface area contributed by atoms with Crippen LogP contribution in [0.5, 0.6) is 17.2 Å². The summed E-state index contributed by atoms with van der Waals surface area (Å²) < 4.78 is 15.9. The predicted molar refractivity (Wildman–Crippen MR) is 102 cm³/mol. The summed E-state index contributed by atoms with van der Waals surface area (Å²) >= 11 is 0. The molecule has 0 saturated carbocycles. The van der Waals surface area contributed by atoms with Gasteiger partial charge < -0.3 is 19.5 Å². The minimum Gasteiger partial charge on any atom is -0.493 e. The predicted octanol–water partition coefficient (Wildman–Crippen LogP) is 2.43. The van der Waals surface area contributed by atoms with Gasteiger partial charge in [0.15, 0.2) is 11.5 Å². The van der Waals surface area contributed by atoms with Crippen LogP contribution in [0.15, 0.2) is 41.5 Å². The van der Waals surface area contributed by atoms with E-state index in [2.05, 4.69) is 15.8 Å². The van der Waals surface area contributed by atoms with E-state index in [1.54, 1.807) is 36.4 Å². The second-order valence-corrected chi connectivity index (χ2v) is 5.38. The Labute approximate surface area is 157 Å². The lowest BCUT2D eigenvalue weighted by Crippen LogP contribution is -2.17. The van der Waals surface area contributed by atoms with Gasteiger partial charge >= 0.3 is 0 Å². The Bertz CT molecular complexity index is 847. The minimum absolute atomic E-state index is 0.180. The van der Waals surface area contributed by atoms with Crippen LogP contribution in [-0.2, 0) is 4.79 Å². The summed E-state index contributed by atoms with van der Waals surface area (Å²) in [7, 11) is 4.54. The van der Waals surface area contributed by atoms with Crippen LogP contribution in [0, 0.1) is 0 Å². The van der Waals surface area contributed by atoms with Crippen molar-refractivity contribution in [2.45, 2.75) is 6.92 Å². The number of nitrogens with zero attached hydrogens (tertiary/aromatic N) is 1. The smallest absolute Gasteiger partial charge is 0.271 e. The number of carbonyl (C=O) groups excluding carboxylic acids is 2. The molecule has 0 aromatic heterocycles. The van der Waals surface area contributed by atoms with Crippen LogP contribution in [0.25, 0.3) is 0 Å². The van der Waals surface area contributed by atoms with Crippen molar-refractivity contribution in [1.29, 1.82) is 0 Å². The lowest BCUT2D eigenvalue weighted by atomic mass is 10.2. The summed E-state index contributed by atoms with van der Waals surface area (Å²) in [6.07, 6.45) is 1.45. The number of hydrazone groups is 1. The van der Waals surface area contributed by atoms with Gasteiger partial charge in [-0.15, -0.1) is 0 Å². The number of methoxy groups -OCH3 is 3. The molecule has 27 heavy (non-hydrogen) atoms. The molecule has 0 aliphatic rings. The Hall–Kier alpha value is -3.55. The number of nitrogens with one attached hydrogen (secondary N) is 2. The van der Waals surface area contributed by atoms with Gasteiger partial charge in [-0.2, -0.15) is 5.10 Å². The summed E-state index contributed by atoms with van der Waals surface area (Å²) in [5.74, 6) is 0.828. The third-order valence-electron chi connectivity index (χ3n) is 3.57. The quantitative estimate of drug-likeness (QED) is 0.575. The summed E-state index contributed by atoms with van der Waals surface area (Å²) in [5, 5.41) is 6.59. The highest BCUT2D eigenvalue weighted by molar-refractivity contribution is 5.96. The first-order chi connectivity index (χ1) is 13.0. The summed E-state index contributed by atoms with van der Waals surface area (Å²) in [6.45, 7) is 1.41. The molecule has 0 spiro atoms. The van der Waals surface area contributed by atoms with Crippen molar-refractivity contribution in [2.24, 2.45) is 5.10 Å². The molecule has 142 valence electrons. The van der Waals surface area contributed by atoms with Crippen LogP contribution in [0.2, 0.25) is 0 Å². The van der Waals surface area contributed by atoms with Crippen LogP contribution in [0.3, 0.4) is 0 Å². The number of benzene rings is 2. The van der Waals surface area contributed by atoms with Gasteiger partial charge in [-0.25, -0.2) is 5.43 Å². The van der Waals surface area contributed by atoms with E-state index in [-0.39, 0.29) is 11.8 Å². The van der Waals surface area contributed by atoms with E-state index < -0.39 is 0 Å². The molecule has 0 unspecified atom stereocenters. The Morgan fingerprint density at radius 2 is 1.59 bits per heavy atom. The van der Waals surface area contributed by atoms with Gasteiger partial charge in [0.1, 0.15) is 0 Å². The molecule has 2 N–H and O–H groups in total. The number of hydrogen-bond acceptors (Lipinski definition) is 6. The van der Waals surface area contributed by atoms with E-state index in [0.717, 1.165) is 0 Å². The third kappa shape index (κ3) is 4.97. The van der Waals surface area contributed by atoms with Gasteiger partial charge in [0.05, 0.1) is 27.5 Å². The van der Waals surface area contributed by atoms with Crippen molar-refractivity contribution >= 4 is 23.7 Å². The van der Waals surface area contributed by atoms with Crippen LogP contribution < -0.4 is 25.0 Å². The monoisotopic (exact) mass is 371 g/mol. The first kappa shape index (κ1) is 19.8.